The standard InChI is InChI=1S/C7H7F3O2/c1-2-4-12-5-3-6(11)7(8,9)10/h2-3,5H,1,4H2. The minimum Gasteiger partial charge on any atom is -0.497 e. The quantitative estimate of drug-likeness (QED) is 0.285. The molecule has 0 heterocycles. The van der Waals surface area contributed by atoms with E-state index in [0.29, 0.717) is 12.3 Å². The van der Waals surface area contributed by atoms with Gasteiger partial charge in [0.05, 0.1) is 6.26 Å². The first-order valence-electron chi connectivity index (χ1n) is 2.98. The molecule has 0 aliphatic rings. The van der Waals surface area contributed by atoms with Gasteiger partial charge in [-0.1, -0.05) is 12.7 Å². The maximum atomic E-state index is 11.5. The zero-order chi connectivity index (χ0) is 9.61. The summed E-state index contributed by atoms with van der Waals surface area (Å²) < 4.78 is 38.9. The number of hydrogen-bond acceptors (Lipinski definition) is 2. The summed E-state index contributed by atoms with van der Waals surface area (Å²) in [4.78, 5) is 10.1. The molecule has 0 rings (SSSR count). The number of rotatable bonds is 4. The number of carbonyl (C=O) groups is 1. The number of ketones is 1. The van der Waals surface area contributed by atoms with Crippen LogP contribution < -0.4 is 0 Å². The fourth-order valence-corrected chi connectivity index (χ4v) is 0.328. The first-order valence-corrected chi connectivity index (χ1v) is 2.98. The van der Waals surface area contributed by atoms with Gasteiger partial charge in [-0.2, -0.15) is 13.2 Å². The van der Waals surface area contributed by atoms with Crippen molar-refractivity contribution in [3.63, 3.8) is 0 Å². The van der Waals surface area contributed by atoms with Gasteiger partial charge in [-0.25, -0.2) is 0 Å². The molecule has 0 unspecified atom stereocenters. The Morgan fingerprint density at radius 2 is 2.08 bits per heavy atom. The van der Waals surface area contributed by atoms with Crippen molar-refractivity contribution in [1.82, 2.24) is 0 Å². The van der Waals surface area contributed by atoms with Crippen LogP contribution in [0.25, 0.3) is 0 Å². The molecule has 0 radical (unpaired) electrons. The van der Waals surface area contributed by atoms with E-state index >= 15 is 0 Å². The zero-order valence-corrected chi connectivity index (χ0v) is 6.10. The predicted molar refractivity (Wildman–Crippen MR) is 36.4 cm³/mol. The molecule has 0 bridgehead atoms. The van der Waals surface area contributed by atoms with Crippen molar-refractivity contribution in [2.75, 3.05) is 6.61 Å². The molecule has 0 N–H and O–H groups in total. The van der Waals surface area contributed by atoms with Crippen LogP contribution in [0.3, 0.4) is 0 Å². The second-order valence-corrected chi connectivity index (χ2v) is 1.79. The van der Waals surface area contributed by atoms with Crippen molar-refractivity contribution >= 4 is 5.78 Å². The molecule has 12 heavy (non-hydrogen) atoms. The highest BCUT2D eigenvalue weighted by Gasteiger charge is 2.36. The molecule has 0 aromatic carbocycles. The smallest absolute Gasteiger partial charge is 0.454 e. The molecule has 5 heteroatoms. The number of halogens is 3. The summed E-state index contributed by atoms with van der Waals surface area (Å²) in [5.74, 6) is -1.94. The predicted octanol–water partition coefficient (Wildman–Crippen LogP) is 1.83. The molecule has 0 amide bonds. The van der Waals surface area contributed by atoms with Gasteiger partial charge in [0.15, 0.2) is 0 Å². The van der Waals surface area contributed by atoms with Gasteiger partial charge in [-0.15, -0.1) is 0 Å². The third kappa shape index (κ3) is 4.54. The SMILES string of the molecule is C=CCOC=CC(=O)C(F)(F)F. The molecule has 0 aliphatic heterocycles. The van der Waals surface area contributed by atoms with Gasteiger partial charge in [-0.05, 0) is 0 Å². The largest absolute Gasteiger partial charge is 0.497 e. The Labute approximate surface area is 67.3 Å². The van der Waals surface area contributed by atoms with Crippen LogP contribution in [0.2, 0.25) is 0 Å². The number of alkyl halides is 3. The van der Waals surface area contributed by atoms with Crippen molar-refractivity contribution < 1.29 is 22.7 Å². The van der Waals surface area contributed by atoms with Gasteiger partial charge in [0.25, 0.3) is 5.78 Å². The van der Waals surface area contributed by atoms with E-state index in [-0.39, 0.29) is 6.61 Å². The molecule has 0 aromatic rings. The van der Waals surface area contributed by atoms with Crippen LogP contribution in [-0.4, -0.2) is 18.6 Å². The molecule has 0 aromatic heterocycles. The van der Waals surface area contributed by atoms with Gasteiger partial charge in [0.1, 0.15) is 6.61 Å². The number of hydrogen-bond donors (Lipinski definition) is 0. The van der Waals surface area contributed by atoms with Crippen LogP contribution in [0.5, 0.6) is 0 Å². The van der Waals surface area contributed by atoms with Gasteiger partial charge in [0, 0.05) is 6.08 Å². The number of carbonyl (C=O) groups excluding carboxylic acids is 1. The van der Waals surface area contributed by atoms with E-state index in [1.54, 1.807) is 0 Å². The van der Waals surface area contributed by atoms with E-state index in [1.165, 1.54) is 6.08 Å². The molecule has 68 valence electrons. The van der Waals surface area contributed by atoms with Crippen LogP contribution in [0.4, 0.5) is 13.2 Å². The van der Waals surface area contributed by atoms with E-state index in [2.05, 4.69) is 11.3 Å². The average Bonchev–Trinajstić information content (AvgIpc) is 1.96. The summed E-state index contributed by atoms with van der Waals surface area (Å²) in [5.41, 5.74) is 0. The van der Waals surface area contributed by atoms with Crippen molar-refractivity contribution in [2.24, 2.45) is 0 Å². The molecule has 0 saturated heterocycles. The lowest BCUT2D eigenvalue weighted by Gasteiger charge is -1.99. The minimum atomic E-state index is -4.83. The Kier molecular flexibility index (Phi) is 4.10. The first kappa shape index (κ1) is 10.7. The van der Waals surface area contributed by atoms with E-state index in [0.717, 1.165) is 0 Å². The highest BCUT2D eigenvalue weighted by atomic mass is 19.4. The lowest BCUT2D eigenvalue weighted by atomic mass is 10.4. The van der Waals surface area contributed by atoms with Gasteiger partial charge in [-0.3, -0.25) is 4.79 Å². The molecule has 0 saturated carbocycles. The molecule has 2 nitrogen and oxygen atoms in total. The fraction of sp³-hybridized carbons (Fsp3) is 0.286. The normalized spacial score (nSPS) is 11.6. The van der Waals surface area contributed by atoms with Crippen LogP contribution in [0.1, 0.15) is 0 Å². The lowest BCUT2D eigenvalue weighted by molar-refractivity contribution is -0.165. The van der Waals surface area contributed by atoms with E-state index < -0.39 is 12.0 Å². The summed E-state index contributed by atoms with van der Waals surface area (Å²) >= 11 is 0. The third-order valence-corrected chi connectivity index (χ3v) is 0.809. The van der Waals surface area contributed by atoms with Crippen LogP contribution >= 0.6 is 0 Å². The van der Waals surface area contributed by atoms with E-state index in [9.17, 15) is 18.0 Å². The summed E-state index contributed by atoms with van der Waals surface area (Å²) in [7, 11) is 0. The Morgan fingerprint density at radius 3 is 2.50 bits per heavy atom. The van der Waals surface area contributed by atoms with Crippen LogP contribution in [0, 0.1) is 0 Å². The number of allylic oxidation sites excluding steroid dienone is 1. The van der Waals surface area contributed by atoms with Crippen molar-refractivity contribution in [3.8, 4) is 0 Å². The Bertz CT molecular complexity index is 193. The van der Waals surface area contributed by atoms with Crippen molar-refractivity contribution in [1.29, 1.82) is 0 Å². The van der Waals surface area contributed by atoms with Gasteiger partial charge in [0.2, 0.25) is 0 Å². The Morgan fingerprint density at radius 1 is 1.50 bits per heavy atom. The average molecular weight is 180 g/mol. The molecular formula is C7H7F3O2. The van der Waals surface area contributed by atoms with E-state index in [1.807, 2.05) is 0 Å². The van der Waals surface area contributed by atoms with Crippen molar-refractivity contribution in [2.45, 2.75) is 6.18 Å². The third-order valence-electron chi connectivity index (χ3n) is 0.809. The Balaban J connectivity index is 3.84. The summed E-state index contributed by atoms with van der Waals surface area (Å²) in [6, 6.07) is 0. The highest BCUT2D eigenvalue weighted by Crippen LogP contribution is 2.16. The summed E-state index contributed by atoms with van der Waals surface area (Å²) in [5, 5.41) is 0. The number of ether oxygens (including phenoxy) is 1. The summed E-state index contributed by atoms with van der Waals surface area (Å²) in [6.07, 6.45) is -2.46. The minimum absolute atomic E-state index is 0.0711. The molecule has 0 aliphatic carbocycles. The van der Waals surface area contributed by atoms with Crippen molar-refractivity contribution in [3.05, 3.63) is 25.0 Å². The maximum absolute atomic E-state index is 11.5. The fourth-order valence-electron chi connectivity index (χ4n) is 0.328. The monoisotopic (exact) mass is 180 g/mol. The lowest BCUT2D eigenvalue weighted by Crippen LogP contribution is -2.19. The van der Waals surface area contributed by atoms with Crippen LogP contribution in [-0.2, 0) is 9.53 Å². The first-order chi connectivity index (χ1) is 5.48. The molecule has 0 atom stereocenters. The van der Waals surface area contributed by atoms with E-state index in [4.69, 9.17) is 0 Å². The zero-order valence-electron chi connectivity index (χ0n) is 6.10. The second kappa shape index (κ2) is 4.58. The van der Waals surface area contributed by atoms with Gasteiger partial charge >= 0.3 is 6.18 Å². The molecule has 0 spiro atoms. The second-order valence-electron chi connectivity index (χ2n) is 1.79. The van der Waals surface area contributed by atoms with Crippen LogP contribution in [0.15, 0.2) is 25.0 Å². The molecule has 0 fully saturated rings. The summed E-state index contributed by atoms with van der Waals surface area (Å²) in [6.45, 7) is 3.33. The maximum Gasteiger partial charge on any atom is 0.454 e. The van der Waals surface area contributed by atoms with Gasteiger partial charge < -0.3 is 4.74 Å². The highest BCUT2D eigenvalue weighted by molar-refractivity contribution is 5.94. The molecular weight excluding hydrogens is 173 g/mol. The Hall–Kier alpha value is -1.26. The topological polar surface area (TPSA) is 26.3 Å².